The maximum absolute atomic E-state index is 2.80. The lowest BCUT2D eigenvalue weighted by Gasteiger charge is -2.38. The Labute approximate surface area is 95.2 Å². The highest BCUT2D eigenvalue weighted by Gasteiger charge is 2.32. The van der Waals surface area contributed by atoms with Crippen molar-refractivity contribution in [1.82, 2.24) is 4.90 Å². The minimum absolute atomic E-state index is 0.506. The molecule has 2 aliphatic rings. The Hall–Kier alpha value is -0.0400. The second-order valence-corrected chi connectivity index (χ2v) is 6.64. The molecule has 2 heterocycles. The lowest BCUT2D eigenvalue weighted by molar-refractivity contribution is 0.103. The second-order valence-electron chi connectivity index (χ2n) is 6.64. The molecular weight excluding hydrogens is 182 g/mol. The van der Waals surface area contributed by atoms with Crippen LogP contribution in [0.15, 0.2) is 0 Å². The molecule has 0 bridgehead atoms. The van der Waals surface area contributed by atoms with Gasteiger partial charge in [-0.2, -0.15) is 0 Å². The van der Waals surface area contributed by atoms with E-state index in [0.29, 0.717) is 5.41 Å². The highest BCUT2D eigenvalue weighted by atomic mass is 15.2. The van der Waals surface area contributed by atoms with Crippen molar-refractivity contribution in [2.24, 2.45) is 11.3 Å². The van der Waals surface area contributed by atoms with Gasteiger partial charge in [0.1, 0.15) is 0 Å². The molecule has 1 heteroatoms. The van der Waals surface area contributed by atoms with Crippen LogP contribution < -0.4 is 0 Å². The minimum Gasteiger partial charge on any atom is -0.300 e. The molecule has 0 N–H and O–H groups in total. The first kappa shape index (κ1) is 11.4. The molecule has 2 rings (SSSR count). The number of nitrogens with zero attached hydrogens (tertiary/aromatic N) is 1. The second kappa shape index (κ2) is 4.45. The normalized spacial score (nSPS) is 34.6. The van der Waals surface area contributed by atoms with E-state index in [0.717, 1.165) is 12.0 Å². The molecule has 2 aliphatic heterocycles. The van der Waals surface area contributed by atoms with Crippen molar-refractivity contribution in [2.75, 3.05) is 13.1 Å². The molecule has 0 aromatic carbocycles. The topological polar surface area (TPSA) is 3.24 Å². The Morgan fingerprint density at radius 1 is 0.933 bits per heavy atom. The lowest BCUT2D eigenvalue weighted by atomic mass is 9.78. The summed E-state index contributed by atoms with van der Waals surface area (Å²) in [6, 6.07) is 0.936. The smallest absolute Gasteiger partial charge is 0.00953 e. The van der Waals surface area contributed by atoms with Crippen molar-refractivity contribution >= 4 is 0 Å². The Balaban J connectivity index is 2.01. The van der Waals surface area contributed by atoms with Crippen molar-refractivity contribution < 1.29 is 0 Å². The number of piperidine rings is 1. The van der Waals surface area contributed by atoms with E-state index >= 15 is 0 Å². The molecular formula is C14H27N. The first-order valence-electron chi connectivity index (χ1n) is 6.81. The largest absolute Gasteiger partial charge is 0.300 e. The Morgan fingerprint density at radius 2 is 1.67 bits per heavy atom. The quantitative estimate of drug-likeness (QED) is 0.588. The molecule has 0 spiro atoms. The molecule has 1 nitrogen and oxygen atoms in total. The molecule has 0 amide bonds. The highest BCUT2D eigenvalue weighted by molar-refractivity contribution is 4.86. The Morgan fingerprint density at radius 3 is 2.40 bits per heavy atom. The summed E-state index contributed by atoms with van der Waals surface area (Å²) < 4.78 is 0. The monoisotopic (exact) mass is 209 g/mol. The van der Waals surface area contributed by atoms with Crippen molar-refractivity contribution in [1.29, 1.82) is 0 Å². The highest BCUT2D eigenvalue weighted by Crippen LogP contribution is 2.36. The van der Waals surface area contributed by atoms with E-state index in [9.17, 15) is 0 Å². The molecule has 2 fully saturated rings. The van der Waals surface area contributed by atoms with E-state index in [4.69, 9.17) is 0 Å². The van der Waals surface area contributed by atoms with Gasteiger partial charge < -0.3 is 4.90 Å². The summed E-state index contributed by atoms with van der Waals surface area (Å²) in [6.07, 6.45) is 8.76. The molecule has 0 saturated carbocycles. The van der Waals surface area contributed by atoms with Gasteiger partial charge in [-0.3, -0.25) is 0 Å². The zero-order valence-corrected chi connectivity index (χ0v) is 10.8. The van der Waals surface area contributed by atoms with Crippen LogP contribution in [-0.4, -0.2) is 24.0 Å². The predicted octanol–water partition coefficient (Wildman–Crippen LogP) is 3.69. The maximum atomic E-state index is 2.80. The molecule has 0 aromatic rings. The third-order valence-electron chi connectivity index (χ3n) is 4.52. The SMILES string of the molecule is CC(C)(C)C1CCCC2CCCCN2C1. The Kier molecular flexibility index (Phi) is 3.39. The third-order valence-corrected chi connectivity index (χ3v) is 4.52. The summed E-state index contributed by atoms with van der Waals surface area (Å²) in [5.74, 6) is 0.917. The molecule has 88 valence electrons. The van der Waals surface area contributed by atoms with Crippen molar-refractivity contribution in [3.63, 3.8) is 0 Å². The predicted molar refractivity (Wildman–Crippen MR) is 66.0 cm³/mol. The number of fused-ring (bicyclic) bond motifs is 1. The van der Waals surface area contributed by atoms with Gasteiger partial charge in [0.2, 0.25) is 0 Å². The fourth-order valence-electron chi connectivity index (χ4n) is 3.31. The van der Waals surface area contributed by atoms with E-state index < -0.39 is 0 Å². The van der Waals surface area contributed by atoms with Gasteiger partial charge in [-0.1, -0.05) is 33.6 Å². The van der Waals surface area contributed by atoms with Gasteiger partial charge in [-0.25, -0.2) is 0 Å². The van der Waals surface area contributed by atoms with E-state index in [-0.39, 0.29) is 0 Å². The molecule has 2 unspecified atom stereocenters. The van der Waals surface area contributed by atoms with Gasteiger partial charge in [-0.15, -0.1) is 0 Å². The summed E-state index contributed by atoms with van der Waals surface area (Å²) in [6.45, 7) is 10.00. The zero-order valence-electron chi connectivity index (χ0n) is 10.8. The van der Waals surface area contributed by atoms with Crippen molar-refractivity contribution in [3.05, 3.63) is 0 Å². The first-order valence-corrected chi connectivity index (χ1v) is 6.81. The van der Waals surface area contributed by atoms with Crippen LogP contribution in [0.3, 0.4) is 0 Å². The van der Waals surface area contributed by atoms with E-state index in [1.807, 2.05) is 0 Å². The number of hydrogen-bond donors (Lipinski definition) is 0. The first-order chi connectivity index (χ1) is 7.07. The average Bonchev–Trinajstić information content (AvgIpc) is 2.38. The molecule has 0 aromatic heterocycles. The maximum Gasteiger partial charge on any atom is 0.00953 e. The van der Waals surface area contributed by atoms with Crippen LogP contribution in [0.5, 0.6) is 0 Å². The standard InChI is InChI=1S/C14H27N/c1-14(2,3)12-7-6-9-13-8-4-5-10-15(13)11-12/h12-13H,4-11H2,1-3H3. The van der Waals surface area contributed by atoms with E-state index in [1.165, 1.54) is 51.6 Å². The van der Waals surface area contributed by atoms with Crippen LogP contribution in [0.2, 0.25) is 0 Å². The van der Waals surface area contributed by atoms with E-state index in [2.05, 4.69) is 25.7 Å². The Bertz CT molecular complexity index is 204. The average molecular weight is 209 g/mol. The summed E-state index contributed by atoms with van der Waals surface area (Å²) >= 11 is 0. The summed E-state index contributed by atoms with van der Waals surface area (Å²) in [5, 5.41) is 0. The van der Waals surface area contributed by atoms with Crippen LogP contribution in [0.4, 0.5) is 0 Å². The van der Waals surface area contributed by atoms with Crippen LogP contribution >= 0.6 is 0 Å². The fraction of sp³-hybridized carbons (Fsp3) is 1.00. The van der Waals surface area contributed by atoms with Crippen LogP contribution in [-0.2, 0) is 0 Å². The summed E-state index contributed by atoms with van der Waals surface area (Å²) in [7, 11) is 0. The van der Waals surface area contributed by atoms with Crippen LogP contribution in [0.25, 0.3) is 0 Å². The molecule has 2 atom stereocenters. The number of hydrogen-bond acceptors (Lipinski definition) is 1. The van der Waals surface area contributed by atoms with Gasteiger partial charge in [0.15, 0.2) is 0 Å². The van der Waals surface area contributed by atoms with Crippen molar-refractivity contribution in [3.8, 4) is 0 Å². The molecule has 15 heavy (non-hydrogen) atoms. The summed E-state index contributed by atoms with van der Waals surface area (Å²) in [5.41, 5.74) is 0.506. The third kappa shape index (κ3) is 2.75. The van der Waals surface area contributed by atoms with Crippen LogP contribution in [0, 0.1) is 11.3 Å². The molecule has 0 aliphatic carbocycles. The minimum atomic E-state index is 0.506. The van der Waals surface area contributed by atoms with E-state index in [1.54, 1.807) is 0 Å². The van der Waals surface area contributed by atoms with Gasteiger partial charge in [0.05, 0.1) is 0 Å². The van der Waals surface area contributed by atoms with Gasteiger partial charge in [0.25, 0.3) is 0 Å². The van der Waals surface area contributed by atoms with Gasteiger partial charge in [-0.05, 0) is 43.6 Å². The fourth-order valence-corrected chi connectivity index (χ4v) is 3.31. The number of rotatable bonds is 0. The van der Waals surface area contributed by atoms with Crippen LogP contribution in [0.1, 0.15) is 59.3 Å². The van der Waals surface area contributed by atoms with Gasteiger partial charge in [0, 0.05) is 12.6 Å². The van der Waals surface area contributed by atoms with Gasteiger partial charge >= 0.3 is 0 Å². The van der Waals surface area contributed by atoms with Crippen molar-refractivity contribution in [2.45, 2.75) is 65.3 Å². The lowest BCUT2D eigenvalue weighted by Crippen LogP contribution is -2.42. The molecule has 2 saturated heterocycles. The molecule has 0 radical (unpaired) electrons. The summed E-state index contributed by atoms with van der Waals surface area (Å²) in [4.78, 5) is 2.80. The zero-order chi connectivity index (χ0) is 10.9.